The third-order valence-electron chi connectivity index (χ3n) is 7.40. The lowest BCUT2D eigenvalue weighted by atomic mass is 9.94. The number of hydrogen-bond donors (Lipinski definition) is 2. The lowest BCUT2D eigenvalue weighted by Crippen LogP contribution is -2.37. The molecule has 6 rings (SSSR count). The molecule has 0 aliphatic carbocycles. The van der Waals surface area contributed by atoms with Gasteiger partial charge < -0.3 is 16.0 Å². The van der Waals surface area contributed by atoms with E-state index in [1.807, 2.05) is 6.92 Å². The normalized spacial score (nSPS) is 19.1. The number of anilines is 2. The summed E-state index contributed by atoms with van der Waals surface area (Å²) >= 11 is 6.63. The first-order valence-electron chi connectivity index (χ1n) is 13.0. The number of piperidine rings is 1. The number of aromatic nitrogens is 3. The van der Waals surface area contributed by atoms with Crippen LogP contribution < -0.4 is 16.0 Å². The number of pyridine rings is 1. The van der Waals surface area contributed by atoms with Crippen LogP contribution in [0.1, 0.15) is 56.8 Å². The van der Waals surface area contributed by atoms with E-state index in [1.54, 1.807) is 18.3 Å². The quantitative estimate of drug-likeness (QED) is 0.388. The molecule has 6 nitrogen and oxygen atoms in total. The van der Waals surface area contributed by atoms with Crippen molar-refractivity contribution in [3.05, 3.63) is 52.8 Å². The van der Waals surface area contributed by atoms with Crippen molar-refractivity contribution in [1.29, 1.82) is 0 Å². The van der Waals surface area contributed by atoms with E-state index in [9.17, 15) is 0 Å². The maximum absolute atomic E-state index is 16.2. The Morgan fingerprint density at radius 1 is 1.19 bits per heavy atom. The summed E-state index contributed by atoms with van der Waals surface area (Å²) in [7, 11) is 0. The minimum Gasteiger partial charge on any atom is -0.399 e. The number of rotatable bonds is 1. The average molecular weight is 509 g/mol. The van der Waals surface area contributed by atoms with Crippen LogP contribution in [0.15, 0.2) is 30.6 Å². The molecule has 0 saturated carbocycles. The molecular formula is C28H34ClFN6. The summed E-state index contributed by atoms with van der Waals surface area (Å²) < 4.78 is 16.2. The van der Waals surface area contributed by atoms with Crippen LogP contribution in [0, 0.1) is 11.7 Å². The number of halogens is 2. The van der Waals surface area contributed by atoms with Crippen molar-refractivity contribution < 1.29 is 4.39 Å². The van der Waals surface area contributed by atoms with Crippen molar-refractivity contribution >= 4 is 34.0 Å². The highest BCUT2D eigenvalue weighted by molar-refractivity contribution is 6.32. The van der Waals surface area contributed by atoms with Crippen molar-refractivity contribution in [2.45, 2.75) is 58.3 Å². The first kappa shape index (κ1) is 24.8. The molecule has 1 fully saturated rings. The summed E-state index contributed by atoms with van der Waals surface area (Å²) in [5.74, 6) is 1.51. The van der Waals surface area contributed by atoms with Crippen LogP contribution in [0.5, 0.6) is 0 Å². The van der Waals surface area contributed by atoms with Gasteiger partial charge in [-0.3, -0.25) is 4.98 Å². The number of hydrogen-bond acceptors (Lipinski definition) is 6. The third-order valence-corrected chi connectivity index (χ3v) is 7.74. The second kappa shape index (κ2) is 10.6. The van der Waals surface area contributed by atoms with E-state index in [4.69, 9.17) is 22.3 Å². The smallest absolute Gasteiger partial charge is 0.175 e. The van der Waals surface area contributed by atoms with Crippen molar-refractivity contribution in [2.24, 2.45) is 5.92 Å². The molecule has 36 heavy (non-hydrogen) atoms. The van der Waals surface area contributed by atoms with Gasteiger partial charge in [0, 0.05) is 54.2 Å². The number of nitrogen functional groups attached to an aromatic ring is 1. The van der Waals surface area contributed by atoms with E-state index >= 15 is 4.39 Å². The molecule has 2 aromatic heterocycles. The minimum atomic E-state index is -0.443. The van der Waals surface area contributed by atoms with Crippen LogP contribution in [-0.2, 0) is 12.8 Å². The van der Waals surface area contributed by atoms with Crippen molar-refractivity contribution in [1.82, 2.24) is 20.3 Å². The second-order valence-corrected chi connectivity index (χ2v) is 10.4. The highest BCUT2D eigenvalue weighted by atomic mass is 35.5. The number of allylic oxidation sites excluding steroid dienone is 1. The Balaban J connectivity index is 1.68. The largest absolute Gasteiger partial charge is 0.399 e. The molecule has 0 radical (unpaired) electrons. The van der Waals surface area contributed by atoms with Gasteiger partial charge in [0.15, 0.2) is 5.82 Å². The summed E-state index contributed by atoms with van der Waals surface area (Å²) in [6.45, 7) is 8.91. The van der Waals surface area contributed by atoms with E-state index in [-0.39, 0.29) is 5.69 Å². The second-order valence-electron chi connectivity index (χ2n) is 10.0. The summed E-state index contributed by atoms with van der Waals surface area (Å²) in [5, 5.41) is 4.72. The van der Waals surface area contributed by atoms with Crippen molar-refractivity contribution in [3.63, 3.8) is 0 Å². The highest BCUT2D eigenvalue weighted by Gasteiger charge is 2.26. The van der Waals surface area contributed by atoms with Crippen LogP contribution in [0.2, 0.25) is 5.02 Å². The standard InChI is InChI=1S/C28H34ClFN6/c1-3-24-34-27-22-15-33-26(25(27)30)21-13-19(31)14-23(29)20(21)9-5-4-7-17(2)32-11-10-18-8-6-12-36(16-18)28(22)35-24/h13-15,18,32H,2-12,16,31H2,1H3. The van der Waals surface area contributed by atoms with Crippen LogP contribution in [0.4, 0.5) is 15.9 Å². The lowest BCUT2D eigenvalue weighted by Gasteiger charge is -2.34. The third kappa shape index (κ3) is 4.99. The summed E-state index contributed by atoms with van der Waals surface area (Å²) in [5.41, 5.74) is 9.74. The molecule has 8 heteroatoms. The molecule has 190 valence electrons. The van der Waals surface area contributed by atoms with Crippen LogP contribution in [0.25, 0.3) is 22.2 Å². The van der Waals surface area contributed by atoms with Crippen molar-refractivity contribution in [3.8, 4) is 11.3 Å². The van der Waals surface area contributed by atoms with Gasteiger partial charge in [0.2, 0.25) is 0 Å². The average Bonchev–Trinajstić information content (AvgIpc) is 2.87. The van der Waals surface area contributed by atoms with Crippen LogP contribution >= 0.6 is 11.6 Å². The molecule has 3 aliphatic heterocycles. The zero-order valence-electron chi connectivity index (χ0n) is 20.9. The highest BCUT2D eigenvalue weighted by Crippen LogP contribution is 2.37. The molecule has 1 unspecified atom stereocenters. The Kier molecular flexibility index (Phi) is 7.28. The van der Waals surface area contributed by atoms with E-state index < -0.39 is 5.82 Å². The van der Waals surface area contributed by atoms with Gasteiger partial charge in [0.1, 0.15) is 22.9 Å². The van der Waals surface area contributed by atoms with E-state index in [0.29, 0.717) is 51.8 Å². The Hall–Kier alpha value is -2.93. The van der Waals surface area contributed by atoms with Crippen LogP contribution in [-0.4, -0.2) is 34.6 Å². The minimum absolute atomic E-state index is 0.238. The topological polar surface area (TPSA) is 80.0 Å². The summed E-state index contributed by atoms with van der Waals surface area (Å²) in [6, 6.07) is 3.50. The number of nitrogens with one attached hydrogen (secondary N) is 1. The zero-order valence-corrected chi connectivity index (χ0v) is 21.7. The molecule has 5 heterocycles. The molecule has 3 aliphatic rings. The molecule has 1 saturated heterocycles. The molecule has 0 spiro atoms. The van der Waals surface area contributed by atoms with Gasteiger partial charge in [0.05, 0.1) is 5.39 Å². The Morgan fingerprint density at radius 2 is 2.03 bits per heavy atom. The Morgan fingerprint density at radius 3 is 2.86 bits per heavy atom. The van der Waals surface area contributed by atoms with Crippen LogP contribution in [0.3, 0.4) is 0 Å². The molecule has 3 N–H and O–H groups in total. The van der Waals surface area contributed by atoms with Gasteiger partial charge in [-0.1, -0.05) is 25.1 Å². The molecular weight excluding hydrogens is 475 g/mol. The Bertz CT molecular complexity index is 1290. The lowest BCUT2D eigenvalue weighted by molar-refractivity contribution is 0.386. The van der Waals surface area contributed by atoms with Crippen molar-refractivity contribution in [2.75, 3.05) is 30.3 Å². The van der Waals surface area contributed by atoms with E-state index in [0.717, 1.165) is 68.8 Å². The molecule has 3 aromatic rings. The van der Waals surface area contributed by atoms with E-state index in [2.05, 4.69) is 26.8 Å². The molecule has 0 amide bonds. The number of nitrogens with two attached hydrogens (primary N) is 1. The maximum atomic E-state index is 16.2. The fraction of sp³-hybridized carbons (Fsp3) is 0.464. The van der Waals surface area contributed by atoms with Gasteiger partial charge in [0.25, 0.3) is 0 Å². The first-order chi connectivity index (χ1) is 17.4. The number of aryl methyl sites for hydroxylation is 1. The van der Waals surface area contributed by atoms with Gasteiger partial charge in [-0.2, -0.15) is 0 Å². The summed E-state index contributed by atoms with van der Waals surface area (Å²) in [6.07, 6.45) is 9.15. The SMILES string of the molecule is C=C1CCCCc2c(Cl)cc(N)cc2-c2ncc3c(nc(CC)nc3c2F)N2CCCC(CCN1)C2. The first-order valence-corrected chi connectivity index (χ1v) is 13.4. The predicted molar refractivity (Wildman–Crippen MR) is 146 cm³/mol. The molecule has 6 bridgehead atoms. The molecule has 1 atom stereocenters. The van der Waals surface area contributed by atoms with Gasteiger partial charge in [-0.15, -0.1) is 0 Å². The fourth-order valence-corrected chi connectivity index (χ4v) is 5.79. The fourth-order valence-electron chi connectivity index (χ4n) is 5.47. The number of benzene rings is 1. The number of fused-ring (bicyclic) bond motifs is 8. The van der Waals surface area contributed by atoms with Gasteiger partial charge >= 0.3 is 0 Å². The molecule has 1 aromatic carbocycles. The van der Waals surface area contributed by atoms with Gasteiger partial charge in [-0.25, -0.2) is 14.4 Å². The predicted octanol–water partition coefficient (Wildman–Crippen LogP) is 6.07. The zero-order chi connectivity index (χ0) is 25.2. The summed E-state index contributed by atoms with van der Waals surface area (Å²) in [4.78, 5) is 16.4. The Labute approximate surface area is 217 Å². The van der Waals surface area contributed by atoms with Gasteiger partial charge in [-0.05, 0) is 68.6 Å². The maximum Gasteiger partial charge on any atom is 0.175 e. The number of nitrogens with zero attached hydrogens (tertiary/aromatic N) is 4. The van der Waals surface area contributed by atoms with E-state index in [1.165, 1.54) is 6.42 Å². The monoisotopic (exact) mass is 508 g/mol.